The van der Waals surface area contributed by atoms with Crippen LogP contribution in [0.15, 0.2) is 79.1 Å². The monoisotopic (exact) mass is 640 g/mol. The van der Waals surface area contributed by atoms with Gasteiger partial charge in [0, 0.05) is 12.3 Å². The standard InChI is InChI=1S/C37H48N4O4Si/c1-24(2)26-10-14-28(15-11-26)33(34(36(43)44)29-16-12-27(13-17-29)25(3)4)35(42)39-32-20-21-41(40-32)23-30-18-19-31(22-38-30)45-46(8,9)37(5,6)7/h10-22,24-25,33-34H,23H2,1-9H3,(H,43,44)(H,39,40,42). The predicted molar refractivity (Wildman–Crippen MR) is 186 cm³/mol. The minimum Gasteiger partial charge on any atom is -0.542 e. The number of nitrogens with zero attached hydrogens (tertiary/aromatic N) is 3. The second-order valence-corrected chi connectivity index (χ2v) is 18.9. The molecule has 0 radical (unpaired) electrons. The quantitative estimate of drug-likeness (QED) is 0.150. The van der Waals surface area contributed by atoms with Crippen LogP contribution < -0.4 is 9.74 Å². The highest BCUT2D eigenvalue weighted by molar-refractivity contribution is 6.74. The Balaban J connectivity index is 1.56. The summed E-state index contributed by atoms with van der Waals surface area (Å²) in [4.78, 5) is 31.4. The van der Waals surface area contributed by atoms with Gasteiger partial charge in [0.05, 0.1) is 30.3 Å². The molecule has 8 nitrogen and oxygen atoms in total. The van der Waals surface area contributed by atoms with Crippen molar-refractivity contribution >= 4 is 26.0 Å². The van der Waals surface area contributed by atoms with Crippen LogP contribution in [0.2, 0.25) is 18.1 Å². The van der Waals surface area contributed by atoms with E-state index >= 15 is 0 Å². The molecule has 4 aromatic rings. The van der Waals surface area contributed by atoms with Gasteiger partial charge in [0.1, 0.15) is 5.75 Å². The Bertz CT molecular complexity index is 1620. The molecule has 46 heavy (non-hydrogen) atoms. The zero-order valence-corrected chi connectivity index (χ0v) is 29.5. The van der Waals surface area contributed by atoms with Crippen LogP contribution in [-0.4, -0.2) is 40.1 Å². The van der Waals surface area contributed by atoms with Gasteiger partial charge in [0.15, 0.2) is 5.82 Å². The largest absolute Gasteiger partial charge is 0.542 e. The van der Waals surface area contributed by atoms with Crippen LogP contribution in [0.1, 0.15) is 100 Å². The van der Waals surface area contributed by atoms with Gasteiger partial charge in [-0.3, -0.25) is 19.3 Å². The summed E-state index contributed by atoms with van der Waals surface area (Å²) in [7, 11) is -1.97. The second kappa shape index (κ2) is 14.0. The summed E-state index contributed by atoms with van der Waals surface area (Å²) in [6.07, 6.45) is 3.51. The number of hydrogen-bond donors (Lipinski definition) is 2. The first kappa shape index (κ1) is 34.6. The van der Waals surface area contributed by atoms with E-state index in [4.69, 9.17) is 4.43 Å². The number of carbonyl (C=O) groups excluding carboxylic acids is 1. The molecule has 2 N–H and O–H groups in total. The number of carbonyl (C=O) groups is 2. The zero-order chi connectivity index (χ0) is 33.8. The maximum atomic E-state index is 14.0. The maximum Gasteiger partial charge on any atom is 0.312 e. The van der Waals surface area contributed by atoms with Gasteiger partial charge in [-0.2, -0.15) is 5.10 Å². The first-order chi connectivity index (χ1) is 21.6. The summed E-state index contributed by atoms with van der Waals surface area (Å²) in [5.74, 6) is -1.88. The molecule has 2 aromatic heterocycles. The molecule has 0 saturated heterocycles. The van der Waals surface area contributed by atoms with Crippen molar-refractivity contribution in [2.75, 3.05) is 5.32 Å². The molecule has 1 amide bonds. The molecule has 2 atom stereocenters. The fourth-order valence-electron chi connectivity index (χ4n) is 5.05. The lowest BCUT2D eigenvalue weighted by Crippen LogP contribution is -2.43. The predicted octanol–water partition coefficient (Wildman–Crippen LogP) is 8.55. The minimum atomic E-state index is -1.97. The number of nitrogens with one attached hydrogen (secondary N) is 1. The molecule has 4 rings (SSSR count). The minimum absolute atomic E-state index is 0.0843. The third kappa shape index (κ3) is 8.31. The molecule has 2 unspecified atom stereocenters. The van der Waals surface area contributed by atoms with E-state index in [9.17, 15) is 14.7 Å². The van der Waals surface area contributed by atoms with E-state index in [1.165, 1.54) is 0 Å². The fraction of sp³-hybridized carbons (Fsp3) is 0.405. The molecule has 0 aliphatic carbocycles. The van der Waals surface area contributed by atoms with Crippen molar-refractivity contribution in [3.8, 4) is 5.75 Å². The Morgan fingerprint density at radius 2 is 1.35 bits per heavy atom. The summed E-state index contributed by atoms with van der Waals surface area (Å²) in [5, 5.41) is 18.0. The number of hydrogen-bond acceptors (Lipinski definition) is 5. The van der Waals surface area contributed by atoms with Crippen molar-refractivity contribution in [3.63, 3.8) is 0 Å². The van der Waals surface area contributed by atoms with Gasteiger partial charge in [-0.25, -0.2) is 0 Å². The molecule has 0 fully saturated rings. The van der Waals surface area contributed by atoms with E-state index in [0.717, 1.165) is 22.6 Å². The molecule has 0 aliphatic rings. The highest BCUT2D eigenvalue weighted by Crippen LogP contribution is 2.38. The van der Waals surface area contributed by atoms with Crippen LogP contribution >= 0.6 is 0 Å². The van der Waals surface area contributed by atoms with Crippen molar-refractivity contribution in [2.24, 2.45) is 0 Å². The second-order valence-electron chi connectivity index (χ2n) is 14.2. The van der Waals surface area contributed by atoms with Crippen molar-refractivity contribution in [3.05, 3.63) is 107 Å². The van der Waals surface area contributed by atoms with Crippen LogP contribution in [0.4, 0.5) is 5.82 Å². The molecule has 2 heterocycles. The molecule has 244 valence electrons. The summed E-state index contributed by atoms with van der Waals surface area (Å²) in [6.45, 7) is 19.8. The van der Waals surface area contributed by atoms with E-state index in [1.54, 1.807) is 23.1 Å². The average Bonchev–Trinajstić information content (AvgIpc) is 3.42. The van der Waals surface area contributed by atoms with Crippen LogP contribution in [0.25, 0.3) is 0 Å². The Labute approximate surface area is 274 Å². The van der Waals surface area contributed by atoms with Crippen molar-refractivity contribution in [2.45, 2.75) is 96.8 Å². The van der Waals surface area contributed by atoms with E-state index in [2.05, 4.69) is 77.0 Å². The first-order valence-electron chi connectivity index (χ1n) is 16.0. The lowest BCUT2D eigenvalue weighted by atomic mass is 9.79. The first-order valence-corrected chi connectivity index (χ1v) is 18.9. The number of anilines is 1. The van der Waals surface area contributed by atoms with Gasteiger partial charge in [-0.1, -0.05) is 97.0 Å². The average molecular weight is 641 g/mol. The van der Waals surface area contributed by atoms with E-state index in [1.807, 2.05) is 60.7 Å². The van der Waals surface area contributed by atoms with Crippen LogP contribution in [0.3, 0.4) is 0 Å². The molecule has 0 bridgehead atoms. The smallest absolute Gasteiger partial charge is 0.312 e. The maximum absolute atomic E-state index is 14.0. The van der Waals surface area contributed by atoms with E-state index in [-0.39, 0.29) is 5.04 Å². The topological polar surface area (TPSA) is 106 Å². The molecule has 2 aromatic carbocycles. The van der Waals surface area contributed by atoms with Gasteiger partial charge in [0.25, 0.3) is 8.32 Å². The summed E-state index contributed by atoms with van der Waals surface area (Å²) in [6, 6.07) is 20.7. The number of aromatic nitrogens is 3. The molecule has 0 aliphatic heterocycles. The normalized spacial score (nSPS) is 13.5. The third-order valence-electron chi connectivity index (χ3n) is 9.00. The number of carboxylic acids is 1. The SMILES string of the molecule is CC(C)c1ccc(C(C(=O)O)C(C(=O)Nc2ccn(Cc3ccc(O[Si](C)(C)C(C)(C)C)cn3)n2)c2ccc(C(C)C)cc2)cc1. The van der Waals surface area contributed by atoms with Crippen molar-refractivity contribution in [1.29, 1.82) is 0 Å². The van der Waals surface area contributed by atoms with Crippen molar-refractivity contribution in [1.82, 2.24) is 14.8 Å². The van der Waals surface area contributed by atoms with Crippen LogP contribution in [0.5, 0.6) is 5.75 Å². The number of rotatable bonds is 12. The van der Waals surface area contributed by atoms with Gasteiger partial charge < -0.3 is 14.8 Å². The Kier molecular flexibility index (Phi) is 10.6. The number of carboxylic acid groups (broad SMARTS) is 1. The van der Waals surface area contributed by atoms with Crippen LogP contribution in [0, 0.1) is 0 Å². The lowest BCUT2D eigenvalue weighted by molar-refractivity contribution is -0.141. The van der Waals surface area contributed by atoms with Gasteiger partial charge in [0.2, 0.25) is 5.91 Å². The fourth-order valence-corrected chi connectivity index (χ4v) is 6.06. The highest BCUT2D eigenvalue weighted by Gasteiger charge is 2.39. The summed E-state index contributed by atoms with van der Waals surface area (Å²) in [5.41, 5.74) is 4.21. The van der Waals surface area contributed by atoms with Crippen molar-refractivity contribution < 1.29 is 19.1 Å². The van der Waals surface area contributed by atoms with E-state index < -0.39 is 32.0 Å². The Hall–Kier alpha value is -4.24. The number of aliphatic carboxylic acids is 1. The van der Waals surface area contributed by atoms with Gasteiger partial charge in [-0.15, -0.1) is 0 Å². The molecule has 0 spiro atoms. The van der Waals surface area contributed by atoms with Gasteiger partial charge in [-0.05, 0) is 64.4 Å². The summed E-state index contributed by atoms with van der Waals surface area (Å²) >= 11 is 0. The third-order valence-corrected chi connectivity index (χ3v) is 13.4. The highest BCUT2D eigenvalue weighted by atomic mass is 28.4. The van der Waals surface area contributed by atoms with E-state index in [0.29, 0.717) is 35.3 Å². The number of benzene rings is 2. The van der Waals surface area contributed by atoms with Crippen LogP contribution in [-0.2, 0) is 16.1 Å². The Morgan fingerprint density at radius 3 is 1.80 bits per heavy atom. The summed E-state index contributed by atoms with van der Waals surface area (Å²) < 4.78 is 8.04. The number of amides is 1. The molecule has 9 heteroatoms. The lowest BCUT2D eigenvalue weighted by Gasteiger charge is -2.36. The Morgan fingerprint density at radius 1 is 0.826 bits per heavy atom. The molecular formula is C37H48N4O4Si. The molecular weight excluding hydrogens is 593 g/mol. The molecule has 0 saturated carbocycles. The number of pyridine rings is 1. The zero-order valence-electron chi connectivity index (χ0n) is 28.5. The van der Waals surface area contributed by atoms with Gasteiger partial charge >= 0.3 is 5.97 Å².